The van der Waals surface area contributed by atoms with Crippen LogP contribution < -0.4 is 20.9 Å². The molecule has 0 atom stereocenters. The van der Waals surface area contributed by atoms with E-state index in [1.807, 2.05) is 30.7 Å². The average molecular weight is 405 g/mol. The van der Waals surface area contributed by atoms with Gasteiger partial charge in [0.15, 0.2) is 0 Å². The van der Waals surface area contributed by atoms with E-state index in [4.69, 9.17) is 5.73 Å². The summed E-state index contributed by atoms with van der Waals surface area (Å²) in [4.78, 5) is 21.8. The molecule has 3 aromatic rings. The summed E-state index contributed by atoms with van der Waals surface area (Å²) in [6, 6.07) is 6.07. The fraction of sp³-hybridized carbons (Fsp3) is 0.409. The molecule has 0 amide bonds. The van der Waals surface area contributed by atoms with Crippen molar-refractivity contribution in [2.24, 2.45) is 0 Å². The summed E-state index contributed by atoms with van der Waals surface area (Å²) >= 11 is 0. The Kier molecular flexibility index (Phi) is 5.23. The van der Waals surface area contributed by atoms with Gasteiger partial charge in [-0.2, -0.15) is 0 Å². The van der Waals surface area contributed by atoms with Crippen molar-refractivity contribution < 1.29 is 0 Å². The van der Waals surface area contributed by atoms with Crippen LogP contribution in [0.1, 0.15) is 19.3 Å². The highest BCUT2D eigenvalue weighted by molar-refractivity contribution is 5.76. The van der Waals surface area contributed by atoms with Crippen LogP contribution >= 0.6 is 0 Å². The van der Waals surface area contributed by atoms with E-state index in [2.05, 4.69) is 41.1 Å². The lowest BCUT2D eigenvalue weighted by Crippen LogP contribution is -2.43. The van der Waals surface area contributed by atoms with Crippen molar-refractivity contribution >= 4 is 17.5 Å². The molecule has 0 aromatic carbocycles. The van der Waals surface area contributed by atoms with Crippen LogP contribution in [0.3, 0.4) is 0 Å². The van der Waals surface area contributed by atoms with E-state index >= 15 is 0 Å². The minimum atomic E-state index is 0.777. The third-order valence-electron chi connectivity index (χ3n) is 5.90. The molecular weight excluding hydrogens is 376 g/mol. The Bertz CT molecular complexity index is 985. The van der Waals surface area contributed by atoms with E-state index in [1.54, 1.807) is 0 Å². The van der Waals surface area contributed by atoms with Gasteiger partial charge in [-0.05, 0) is 37.5 Å². The molecule has 8 heteroatoms. The van der Waals surface area contributed by atoms with Crippen molar-refractivity contribution in [2.45, 2.75) is 19.3 Å². The molecule has 0 bridgehead atoms. The second-order valence-corrected chi connectivity index (χ2v) is 7.97. The average Bonchev–Trinajstić information content (AvgIpc) is 3.22. The van der Waals surface area contributed by atoms with E-state index < -0.39 is 0 Å². The van der Waals surface area contributed by atoms with Crippen molar-refractivity contribution in [1.29, 1.82) is 0 Å². The molecule has 0 aliphatic carbocycles. The fourth-order valence-electron chi connectivity index (χ4n) is 4.23. The van der Waals surface area contributed by atoms with Gasteiger partial charge >= 0.3 is 0 Å². The van der Waals surface area contributed by atoms with Gasteiger partial charge in [-0.3, -0.25) is 4.98 Å². The van der Waals surface area contributed by atoms with Crippen LogP contribution in [0.4, 0.5) is 17.5 Å². The summed E-state index contributed by atoms with van der Waals surface area (Å²) in [5.74, 6) is 1.81. The molecule has 5 rings (SSSR count). The number of H-pyrrole nitrogens is 1. The van der Waals surface area contributed by atoms with Crippen LogP contribution in [0, 0.1) is 0 Å². The van der Waals surface area contributed by atoms with Crippen molar-refractivity contribution in [3.63, 3.8) is 0 Å². The monoisotopic (exact) mass is 404 g/mol. The predicted molar refractivity (Wildman–Crippen MR) is 121 cm³/mol. The van der Waals surface area contributed by atoms with Gasteiger partial charge in [0, 0.05) is 74.7 Å². The molecule has 0 saturated carbocycles. The highest BCUT2D eigenvalue weighted by Crippen LogP contribution is 2.31. The summed E-state index contributed by atoms with van der Waals surface area (Å²) in [7, 11) is 0. The second kappa shape index (κ2) is 8.31. The molecule has 8 nitrogen and oxygen atoms in total. The van der Waals surface area contributed by atoms with Gasteiger partial charge in [0.05, 0.1) is 11.4 Å². The molecule has 0 spiro atoms. The van der Waals surface area contributed by atoms with Crippen molar-refractivity contribution in [2.75, 3.05) is 54.8 Å². The molecule has 2 saturated heterocycles. The number of hydrogen-bond acceptors (Lipinski definition) is 7. The maximum Gasteiger partial charge on any atom is 0.225 e. The lowest BCUT2D eigenvalue weighted by atomic mass is 10.1. The maximum atomic E-state index is 6.31. The number of nitrogen functional groups attached to an aromatic ring is 1. The highest BCUT2D eigenvalue weighted by atomic mass is 15.3. The fourth-order valence-corrected chi connectivity index (χ4v) is 4.23. The molecule has 0 radical (unpaired) electrons. The number of nitrogens with one attached hydrogen (secondary N) is 2. The predicted octanol–water partition coefficient (Wildman–Crippen LogP) is 2.52. The zero-order chi connectivity index (χ0) is 20.3. The van der Waals surface area contributed by atoms with Crippen molar-refractivity contribution in [3.05, 3.63) is 36.8 Å². The Morgan fingerprint density at radius 1 is 0.833 bits per heavy atom. The van der Waals surface area contributed by atoms with Crippen LogP contribution in [0.15, 0.2) is 36.8 Å². The SMILES string of the molecule is Nc1cc(-c2ccnc(-c3cnc(N4CCCCC4)nc3)c2)[nH]c1N1CCNCC1. The minimum Gasteiger partial charge on any atom is -0.396 e. The Hall–Kier alpha value is -3.13. The van der Waals surface area contributed by atoms with Crippen LogP contribution in [-0.2, 0) is 0 Å². The van der Waals surface area contributed by atoms with E-state index in [9.17, 15) is 0 Å². The Balaban J connectivity index is 1.38. The Morgan fingerprint density at radius 2 is 1.60 bits per heavy atom. The number of piperazine rings is 1. The summed E-state index contributed by atoms with van der Waals surface area (Å²) in [5, 5.41) is 3.37. The lowest BCUT2D eigenvalue weighted by molar-refractivity contribution is 0.568. The number of nitrogens with two attached hydrogens (primary N) is 1. The number of rotatable bonds is 4. The van der Waals surface area contributed by atoms with Crippen LogP contribution in [0.25, 0.3) is 22.5 Å². The number of aromatic amines is 1. The summed E-state index contributed by atoms with van der Waals surface area (Å²) in [6.45, 7) is 5.92. The zero-order valence-corrected chi connectivity index (χ0v) is 17.1. The second-order valence-electron chi connectivity index (χ2n) is 7.97. The standard InChI is InChI=1S/C22H28N8/c23-18-13-20(28-21(18)29-10-6-24-7-11-29)16-4-5-25-19(12-16)17-14-26-22(27-15-17)30-8-2-1-3-9-30/h4-5,12-15,24,28H,1-3,6-11,23H2. The summed E-state index contributed by atoms with van der Waals surface area (Å²) in [6.07, 6.45) is 9.29. The van der Waals surface area contributed by atoms with E-state index in [1.165, 1.54) is 19.3 Å². The quantitative estimate of drug-likeness (QED) is 0.614. The van der Waals surface area contributed by atoms with Gasteiger partial charge in [-0.1, -0.05) is 0 Å². The largest absolute Gasteiger partial charge is 0.396 e. The molecule has 0 unspecified atom stereocenters. The van der Waals surface area contributed by atoms with Crippen molar-refractivity contribution in [3.8, 4) is 22.5 Å². The molecule has 2 aliphatic rings. The summed E-state index contributed by atoms with van der Waals surface area (Å²) < 4.78 is 0. The molecule has 2 fully saturated rings. The minimum absolute atomic E-state index is 0.777. The third kappa shape index (κ3) is 3.82. The van der Waals surface area contributed by atoms with Gasteiger partial charge < -0.3 is 25.8 Å². The van der Waals surface area contributed by atoms with Gasteiger partial charge in [0.25, 0.3) is 0 Å². The topological polar surface area (TPSA) is 99.0 Å². The number of pyridine rings is 1. The van der Waals surface area contributed by atoms with Crippen LogP contribution in [0.2, 0.25) is 0 Å². The molecule has 3 aromatic heterocycles. The van der Waals surface area contributed by atoms with Crippen LogP contribution in [-0.4, -0.2) is 59.2 Å². The van der Waals surface area contributed by atoms with Gasteiger partial charge in [-0.15, -0.1) is 0 Å². The highest BCUT2D eigenvalue weighted by Gasteiger charge is 2.17. The third-order valence-corrected chi connectivity index (χ3v) is 5.90. The normalized spacial score (nSPS) is 17.3. The number of hydrogen-bond donors (Lipinski definition) is 3. The molecule has 156 valence electrons. The number of piperidine rings is 1. The zero-order valence-electron chi connectivity index (χ0n) is 17.1. The van der Waals surface area contributed by atoms with Crippen molar-refractivity contribution in [1.82, 2.24) is 25.3 Å². The molecule has 4 N–H and O–H groups in total. The first-order valence-corrected chi connectivity index (χ1v) is 10.8. The molecule has 30 heavy (non-hydrogen) atoms. The maximum absolute atomic E-state index is 6.31. The van der Waals surface area contributed by atoms with Gasteiger partial charge in [0.2, 0.25) is 5.95 Å². The van der Waals surface area contributed by atoms with E-state index in [-0.39, 0.29) is 0 Å². The molecule has 2 aliphatic heterocycles. The summed E-state index contributed by atoms with van der Waals surface area (Å²) in [5.41, 5.74) is 10.9. The first-order chi connectivity index (χ1) is 14.8. The number of anilines is 3. The lowest BCUT2D eigenvalue weighted by Gasteiger charge is -2.28. The van der Waals surface area contributed by atoms with E-state index in [0.29, 0.717) is 0 Å². The first-order valence-electron chi connectivity index (χ1n) is 10.8. The van der Waals surface area contributed by atoms with Gasteiger partial charge in [0.1, 0.15) is 5.82 Å². The first kappa shape index (κ1) is 18.9. The van der Waals surface area contributed by atoms with E-state index in [0.717, 1.165) is 79.2 Å². The Morgan fingerprint density at radius 3 is 2.37 bits per heavy atom. The number of nitrogens with zero attached hydrogens (tertiary/aromatic N) is 5. The van der Waals surface area contributed by atoms with Gasteiger partial charge in [-0.25, -0.2) is 9.97 Å². The Labute approximate surface area is 176 Å². The smallest absolute Gasteiger partial charge is 0.225 e. The number of aromatic nitrogens is 4. The van der Waals surface area contributed by atoms with Crippen LogP contribution in [0.5, 0.6) is 0 Å². The molecule has 5 heterocycles. The molecular formula is C22H28N8.